The van der Waals surface area contributed by atoms with Gasteiger partial charge in [0.05, 0.1) is 13.7 Å². The Kier molecular flexibility index (Phi) is 5.71. The number of carboxylic acids is 1. The average molecular weight is 368 g/mol. The van der Waals surface area contributed by atoms with Gasteiger partial charge < -0.3 is 19.9 Å². The summed E-state index contributed by atoms with van der Waals surface area (Å²) >= 11 is 0. The maximum Gasteiger partial charge on any atom is 0.354 e. The molecule has 0 unspecified atom stereocenters. The van der Waals surface area contributed by atoms with Gasteiger partial charge in [0.1, 0.15) is 5.82 Å². The smallest absolute Gasteiger partial charge is 0.354 e. The summed E-state index contributed by atoms with van der Waals surface area (Å²) < 4.78 is 11.1. The predicted octanol–water partition coefficient (Wildman–Crippen LogP) is 3.23. The fourth-order valence-electron chi connectivity index (χ4n) is 2.37. The first-order valence-electron chi connectivity index (χ1n) is 8.55. The molecular formula is C20H20N2O5. The third-order valence-corrected chi connectivity index (χ3v) is 4.01. The predicted molar refractivity (Wildman–Crippen MR) is 100 cm³/mol. The van der Waals surface area contributed by atoms with E-state index in [1.54, 1.807) is 19.3 Å². The summed E-state index contributed by atoms with van der Waals surface area (Å²) in [5, 5.41) is 11.5. The average Bonchev–Trinajstić information content (AvgIpc) is 3.49. The third-order valence-electron chi connectivity index (χ3n) is 4.01. The molecule has 0 radical (unpaired) electrons. The molecule has 1 aromatic heterocycles. The Morgan fingerprint density at radius 3 is 2.78 bits per heavy atom. The van der Waals surface area contributed by atoms with Crippen LogP contribution in [0.15, 0.2) is 42.5 Å². The topological polar surface area (TPSA) is 97.8 Å². The molecule has 1 aliphatic carbocycles. The van der Waals surface area contributed by atoms with Crippen molar-refractivity contribution in [3.05, 3.63) is 53.7 Å². The Labute approximate surface area is 156 Å². The van der Waals surface area contributed by atoms with Crippen LogP contribution >= 0.6 is 0 Å². The van der Waals surface area contributed by atoms with Crippen molar-refractivity contribution in [2.45, 2.75) is 12.8 Å². The van der Waals surface area contributed by atoms with Gasteiger partial charge in [0.15, 0.2) is 17.2 Å². The van der Waals surface area contributed by atoms with Crippen LogP contribution in [0.4, 0.5) is 5.82 Å². The number of amides is 1. The van der Waals surface area contributed by atoms with E-state index in [2.05, 4.69) is 10.3 Å². The molecule has 0 aliphatic heterocycles. The zero-order chi connectivity index (χ0) is 19.2. The molecule has 3 rings (SSSR count). The molecule has 1 heterocycles. The Morgan fingerprint density at radius 1 is 1.26 bits per heavy atom. The zero-order valence-corrected chi connectivity index (χ0v) is 14.8. The molecule has 0 atom stereocenters. The highest BCUT2D eigenvalue weighted by Crippen LogP contribution is 2.33. The first-order valence-corrected chi connectivity index (χ1v) is 8.55. The molecule has 140 valence electrons. The van der Waals surface area contributed by atoms with Crippen LogP contribution in [0, 0.1) is 5.92 Å². The van der Waals surface area contributed by atoms with Gasteiger partial charge in [0.25, 0.3) is 0 Å². The van der Waals surface area contributed by atoms with E-state index in [-0.39, 0.29) is 11.5 Å². The van der Waals surface area contributed by atoms with E-state index in [0.29, 0.717) is 24.0 Å². The van der Waals surface area contributed by atoms with Crippen molar-refractivity contribution in [3.8, 4) is 11.5 Å². The van der Waals surface area contributed by atoms with Gasteiger partial charge in [-0.2, -0.15) is 0 Å². The largest absolute Gasteiger partial charge is 0.493 e. The van der Waals surface area contributed by atoms with Gasteiger partial charge in [-0.15, -0.1) is 0 Å². The monoisotopic (exact) mass is 368 g/mol. The molecule has 7 nitrogen and oxygen atoms in total. The number of anilines is 1. The third kappa shape index (κ3) is 5.31. The van der Waals surface area contributed by atoms with E-state index in [9.17, 15) is 9.59 Å². The lowest BCUT2D eigenvalue weighted by Gasteiger charge is -2.11. The Morgan fingerprint density at radius 2 is 2.07 bits per heavy atom. The summed E-state index contributed by atoms with van der Waals surface area (Å²) in [5.41, 5.74) is 0.647. The lowest BCUT2D eigenvalue weighted by molar-refractivity contribution is -0.111. The van der Waals surface area contributed by atoms with E-state index in [1.165, 1.54) is 37.1 Å². The van der Waals surface area contributed by atoms with Gasteiger partial charge in [-0.3, -0.25) is 4.79 Å². The molecule has 2 aromatic rings. The standard InChI is InChI=1S/C20H20N2O5/c1-26-16-9-7-13(11-17(16)27-12-14-5-6-14)8-10-19(23)22-18-4-2-3-15(21-18)20(24)25/h2-4,7-11,14H,5-6,12H2,1H3,(H,24,25)(H,21,22,23)/b10-8+. The van der Waals surface area contributed by atoms with E-state index in [1.807, 2.05) is 12.1 Å². The number of ether oxygens (including phenoxy) is 2. The number of hydrogen-bond acceptors (Lipinski definition) is 5. The number of pyridine rings is 1. The van der Waals surface area contributed by atoms with Gasteiger partial charge >= 0.3 is 5.97 Å². The molecule has 0 bridgehead atoms. The van der Waals surface area contributed by atoms with Gasteiger partial charge in [-0.25, -0.2) is 9.78 Å². The summed E-state index contributed by atoms with van der Waals surface area (Å²) in [4.78, 5) is 26.8. The van der Waals surface area contributed by atoms with Crippen LogP contribution in [0.2, 0.25) is 0 Å². The first kappa shape index (κ1) is 18.4. The van der Waals surface area contributed by atoms with Crippen LogP contribution in [0.3, 0.4) is 0 Å². The number of carbonyl (C=O) groups is 2. The summed E-state index contributed by atoms with van der Waals surface area (Å²) in [6.07, 6.45) is 5.37. The van der Waals surface area contributed by atoms with E-state index >= 15 is 0 Å². The highest BCUT2D eigenvalue weighted by Gasteiger charge is 2.22. The van der Waals surface area contributed by atoms with Crippen LogP contribution in [0.25, 0.3) is 6.08 Å². The van der Waals surface area contributed by atoms with Crippen molar-refractivity contribution < 1.29 is 24.2 Å². The van der Waals surface area contributed by atoms with Crippen LogP contribution in [-0.2, 0) is 4.79 Å². The van der Waals surface area contributed by atoms with Crippen molar-refractivity contribution in [1.29, 1.82) is 0 Å². The maximum absolute atomic E-state index is 12.1. The number of carboxylic acid groups (broad SMARTS) is 1. The highest BCUT2D eigenvalue weighted by molar-refractivity contribution is 6.01. The number of carbonyl (C=O) groups excluding carboxylic acids is 1. The van der Waals surface area contributed by atoms with E-state index < -0.39 is 11.9 Å². The minimum Gasteiger partial charge on any atom is -0.493 e. The van der Waals surface area contributed by atoms with Gasteiger partial charge in [-0.1, -0.05) is 12.1 Å². The van der Waals surface area contributed by atoms with Crippen molar-refractivity contribution in [3.63, 3.8) is 0 Å². The van der Waals surface area contributed by atoms with Gasteiger partial charge in [-0.05, 0) is 54.7 Å². The van der Waals surface area contributed by atoms with Crippen LogP contribution in [0.5, 0.6) is 11.5 Å². The van der Waals surface area contributed by atoms with Crippen molar-refractivity contribution >= 4 is 23.8 Å². The van der Waals surface area contributed by atoms with Crippen molar-refractivity contribution in [2.75, 3.05) is 19.0 Å². The lowest BCUT2D eigenvalue weighted by Crippen LogP contribution is -2.11. The number of nitrogens with one attached hydrogen (secondary N) is 1. The van der Waals surface area contributed by atoms with Crippen molar-refractivity contribution in [2.24, 2.45) is 5.92 Å². The number of hydrogen-bond donors (Lipinski definition) is 2. The van der Waals surface area contributed by atoms with Crippen LogP contribution in [-0.4, -0.2) is 35.7 Å². The number of aromatic carboxylic acids is 1. The molecule has 2 N–H and O–H groups in total. The minimum atomic E-state index is -1.15. The molecule has 1 saturated carbocycles. The second-order valence-corrected chi connectivity index (χ2v) is 6.20. The van der Waals surface area contributed by atoms with Crippen molar-refractivity contribution in [1.82, 2.24) is 4.98 Å². The SMILES string of the molecule is COc1ccc(/C=C/C(=O)Nc2cccc(C(=O)O)n2)cc1OCC1CC1. The Balaban J connectivity index is 1.65. The van der Waals surface area contributed by atoms with E-state index in [0.717, 1.165) is 5.56 Å². The number of nitrogens with zero attached hydrogens (tertiary/aromatic N) is 1. The summed E-state index contributed by atoms with van der Waals surface area (Å²) in [5.74, 6) is 0.510. The molecular weight excluding hydrogens is 348 g/mol. The maximum atomic E-state index is 12.1. The molecule has 1 aromatic carbocycles. The lowest BCUT2D eigenvalue weighted by atomic mass is 10.2. The molecule has 1 fully saturated rings. The summed E-state index contributed by atoms with van der Waals surface area (Å²) in [6.45, 7) is 0.662. The minimum absolute atomic E-state index is 0.135. The van der Waals surface area contributed by atoms with Gasteiger partial charge in [0.2, 0.25) is 5.91 Å². The van der Waals surface area contributed by atoms with Crippen LogP contribution in [0.1, 0.15) is 28.9 Å². The molecule has 1 amide bonds. The molecule has 7 heteroatoms. The second-order valence-electron chi connectivity index (χ2n) is 6.20. The number of aromatic nitrogens is 1. The number of benzene rings is 1. The van der Waals surface area contributed by atoms with E-state index in [4.69, 9.17) is 14.6 Å². The highest BCUT2D eigenvalue weighted by atomic mass is 16.5. The zero-order valence-electron chi connectivity index (χ0n) is 14.8. The number of rotatable bonds is 8. The first-order chi connectivity index (χ1) is 13.0. The summed E-state index contributed by atoms with van der Waals surface area (Å²) in [6, 6.07) is 9.81. The fourth-order valence-corrected chi connectivity index (χ4v) is 2.37. The quantitative estimate of drug-likeness (QED) is 0.694. The normalized spacial score (nSPS) is 13.4. The molecule has 27 heavy (non-hydrogen) atoms. The van der Waals surface area contributed by atoms with Crippen LogP contribution < -0.4 is 14.8 Å². The Bertz CT molecular complexity index is 874. The second kappa shape index (κ2) is 8.35. The fraction of sp³-hybridized carbons (Fsp3) is 0.250. The molecule has 0 saturated heterocycles. The Hall–Kier alpha value is -3.35. The summed E-state index contributed by atoms with van der Waals surface area (Å²) in [7, 11) is 1.58. The molecule has 1 aliphatic rings. The van der Waals surface area contributed by atoms with Gasteiger partial charge in [0, 0.05) is 6.08 Å². The molecule has 0 spiro atoms. The number of methoxy groups -OCH3 is 1.